The van der Waals surface area contributed by atoms with Gasteiger partial charge in [-0.25, -0.2) is 0 Å². The van der Waals surface area contributed by atoms with Gasteiger partial charge in [0.05, 0.1) is 6.61 Å². The topological polar surface area (TPSA) is 61.5 Å². The maximum Gasteiger partial charge on any atom is 0.322 e. The zero-order valence-corrected chi connectivity index (χ0v) is 7.87. The lowest BCUT2D eigenvalue weighted by molar-refractivity contribution is -0.152. The highest BCUT2D eigenvalue weighted by Crippen LogP contribution is 1.94. The van der Waals surface area contributed by atoms with Gasteiger partial charge in [0.2, 0.25) is 0 Å². The van der Waals surface area contributed by atoms with E-state index in [0.29, 0.717) is 13.2 Å². The second kappa shape index (κ2) is 5.97. The molecule has 0 spiro atoms. The van der Waals surface area contributed by atoms with Crippen molar-refractivity contribution in [3.8, 4) is 0 Å². The Bertz CT molecular complexity index is 136. The van der Waals surface area contributed by atoms with Crippen molar-refractivity contribution in [1.29, 1.82) is 0 Å². The SMILES string of the molecule is CCOCC(C)OC(=O)[C@@H](C)N. The summed E-state index contributed by atoms with van der Waals surface area (Å²) in [6.45, 7) is 6.31. The lowest BCUT2D eigenvalue weighted by Crippen LogP contribution is -2.32. The molecule has 0 aromatic rings. The van der Waals surface area contributed by atoms with E-state index in [-0.39, 0.29) is 12.1 Å². The minimum atomic E-state index is -0.561. The predicted molar refractivity (Wildman–Crippen MR) is 45.7 cm³/mol. The lowest BCUT2D eigenvalue weighted by Gasteiger charge is -2.14. The monoisotopic (exact) mass is 175 g/mol. The van der Waals surface area contributed by atoms with E-state index in [4.69, 9.17) is 15.2 Å². The summed E-state index contributed by atoms with van der Waals surface area (Å²) in [5.41, 5.74) is 5.30. The summed E-state index contributed by atoms with van der Waals surface area (Å²) in [6.07, 6.45) is -0.219. The molecule has 0 fully saturated rings. The van der Waals surface area contributed by atoms with Crippen LogP contribution in [0.2, 0.25) is 0 Å². The largest absolute Gasteiger partial charge is 0.459 e. The quantitative estimate of drug-likeness (QED) is 0.610. The van der Waals surface area contributed by atoms with Gasteiger partial charge in [0.1, 0.15) is 12.1 Å². The summed E-state index contributed by atoms with van der Waals surface area (Å²) < 4.78 is 9.98. The fourth-order valence-corrected chi connectivity index (χ4v) is 0.623. The van der Waals surface area contributed by atoms with Crippen molar-refractivity contribution in [2.75, 3.05) is 13.2 Å². The van der Waals surface area contributed by atoms with Crippen LogP contribution in [0.3, 0.4) is 0 Å². The summed E-state index contributed by atoms with van der Waals surface area (Å²) in [5.74, 6) is -0.387. The Kier molecular flexibility index (Phi) is 5.66. The molecule has 0 aliphatic rings. The van der Waals surface area contributed by atoms with Gasteiger partial charge in [-0.2, -0.15) is 0 Å². The molecule has 0 rings (SSSR count). The molecule has 0 aromatic carbocycles. The molecule has 0 saturated carbocycles. The summed E-state index contributed by atoms with van der Waals surface area (Å²) in [4.78, 5) is 10.9. The molecule has 4 heteroatoms. The van der Waals surface area contributed by atoms with Crippen LogP contribution < -0.4 is 5.73 Å². The number of rotatable bonds is 5. The Hall–Kier alpha value is -0.610. The minimum Gasteiger partial charge on any atom is -0.459 e. The van der Waals surface area contributed by atoms with Gasteiger partial charge in [-0.05, 0) is 20.8 Å². The fraction of sp³-hybridized carbons (Fsp3) is 0.875. The van der Waals surface area contributed by atoms with E-state index in [9.17, 15) is 4.79 Å². The first-order valence-corrected chi connectivity index (χ1v) is 4.11. The summed E-state index contributed by atoms with van der Waals surface area (Å²) in [7, 11) is 0. The van der Waals surface area contributed by atoms with E-state index in [1.54, 1.807) is 13.8 Å². The number of carbonyl (C=O) groups excluding carboxylic acids is 1. The molecule has 0 amide bonds. The average molecular weight is 175 g/mol. The highest BCUT2D eigenvalue weighted by atomic mass is 16.6. The molecule has 0 aromatic heterocycles. The van der Waals surface area contributed by atoms with Crippen molar-refractivity contribution in [2.24, 2.45) is 5.73 Å². The van der Waals surface area contributed by atoms with E-state index < -0.39 is 6.04 Å². The molecule has 0 radical (unpaired) electrons. The van der Waals surface area contributed by atoms with Gasteiger partial charge in [-0.3, -0.25) is 4.79 Å². The summed E-state index contributed by atoms with van der Waals surface area (Å²) >= 11 is 0. The van der Waals surface area contributed by atoms with Gasteiger partial charge >= 0.3 is 5.97 Å². The lowest BCUT2D eigenvalue weighted by atomic mass is 10.3. The first-order chi connectivity index (χ1) is 5.57. The van der Waals surface area contributed by atoms with Crippen LogP contribution in [0.15, 0.2) is 0 Å². The Morgan fingerprint density at radius 2 is 2.08 bits per heavy atom. The van der Waals surface area contributed by atoms with Crippen LogP contribution in [0.1, 0.15) is 20.8 Å². The second-order valence-electron chi connectivity index (χ2n) is 2.70. The van der Waals surface area contributed by atoms with E-state index in [0.717, 1.165) is 0 Å². The number of carbonyl (C=O) groups is 1. The van der Waals surface area contributed by atoms with Gasteiger partial charge in [0.25, 0.3) is 0 Å². The van der Waals surface area contributed by atoms with E-state index >= 15 is 0 Å². The van der Waals surface area contributed by atoms with Crippen LogP contribution in [-0.4, -0.2) is 31.3 Å². The normalized spacial score (nSPS) is 15.3. The number of esters is 1. The standard InChI is InChI=1S/C8H17NO3/c1-4-11-5-6(2)12-8(10)7(3)9/h6-7H,4-5,9H2,1-3H3/t6?,7-/m1/s1. The van der Waals surface area contributed by atoms with Gasteiger partial charge in [-0.15, -0.1) is 0 Å². The van der Waals surface area contributed by atoms with E-state index in [1.807, 2.05) is 6.92 Å². The minimum absolute atomic E-state index is 0.219. The van der Waals surface area contributed by atoms with Gasteiger partial charge in [-0.1, -0.05) is 0 Å². The van der Waals surface area contributed by atoms with Crippen LogP contribution in [0.25, 0.3) is 0 Å². The predicted octanol–water partition coefficient (Wildman–Crippen LogP) is 0.302. The molecule has 2 N–H and O–H groups in total. The van der Waals surface area contributed by atoms with Crippen molar-refractivity contribution in [3.05, 3.63) is 0 Å². The molecule has 2 atom stereocenters. The number of ether oxygens (including phenoxy) is 2. The molecule has 0 aliphatic heterocycles. The molecule has 0 aliphatic carbocycles. The van der Waals surface area contributed by atoms with Gasteiger partial charge < -0.3 is 15.2 Å². The van der Waals surface area contributed by atoms with Crippen molar-refractivity contribution >= 4 is 5.97 Å². The molecule has 0 saturated heterocycles. The first-order valence-electron chi connectivity index (χ1n) is 4.11. The zero-order valence-electron chi connectivity index (χ0n) is 7.87. The fourth-order valence-electron chi connectivity index (χ4n) is 0.623. The second-order valence-corrected chi connectivity index (χ2v) is 2.70. The van der Waals surface area contributed by atoms with Crippen molar-refractivity contribution < 1.29 is 14.3 Å². The number of hydrogen-bond donors (Lipinski definition) is 1. The zero-order chi connectivity index (χ0) is 9.56. The van der Waals surface area contributed by atoms with Crippen LogP contribution >= 0.6 is 0 Å². The van der Waals surface area contributed by atoms with Gasteiger partial charge in [0, 0.05) is 6.61 Å². The molecule has 72 valence electrons. The first kappa shape index (κ1) is 11.4. The molecule has 0 bridgehead atoms. The molecule has 12 heavy (non-hydrogen) atoms. The molecule has 4 nitrogen and oxygen atoms in total. The number of nitrogens with two attached hydrogens (primary N) is 1. The Labute approximate surface area is 73.0 Å². The Morgan fingerprint density at radius 1 is 1.50 bits per heavy atom. The van der Waals surface area contributed by atoms with Crippen LogP contribution in [0, 0.1) is 0 Å². The van der Waals surface area contributed by atoms with E-state index in [2.05, 4.69) is 0 Å². The van der Waals surface area contributed by atoms with Crippen LogP contribution in [-0.2, 0) is 14.3 Å². The third-order valence-electron chi connectivity index (χ3n) is 1.25. The molecule has 1 unspecified atom stereocenters. The Morgan fingerprint density at radius 3 is 2.50 bits per heavy atom. The maximum atomic E-state index is 10.9. The van der Waals surface area contributed by atoms with Crippen molar-refractivity contribution in [2.45, 2.75) is 32.9 Å². The van der Waals surface area contributed by atoms with Crippen LogP contribution in [0.5, 0.6) is 0 Å². The Balaban J connectivity index is 3.54. The van der Waals surface area contributed by atoms with Gasteiger partial charge in [0.15, 0.2) is 0 Å². The summed E-state index contributed by atoms with van der Waals surface area (Å²) in [5, 5.41) is 0. The third-order valence-corrected chi connectivity index (χ3v) is 1.25. The third kappa shape index (κ3) is 5.09. The molecule has 0 heterocycles. The average Bonchev–Trinajstić information content (AvgIpc) is 2.00. The molecular weight excluding hydrogens is 158 g/mol. The number of hydrogen-bond acceptors (Lipinski definition) is 4. The smallest absolute Gasteiger partial charge is 0.322 e. The summed E-state index contributed by atoms with van der Waals surface area (Å²) in [6, 6.07) is -0.561. The maximum absolute atomic E-state index is 10.9. The molecular formula is C8H17NO3. The highest BCUT2D eigenvalue weighted by Gasteiger charge is 2.12. The van der Waals surface area contributed by atoms with Crippen LogP contribution in [0.4, 0.5) is 0 Å². The van der Waals surface area contributed by atoms with Crippen molar-refractivity contribution in [1.82, 2.24) is 0 Å². The van der Waals surface area contributed by atoms with E-state index in [1.165, 1.54) is 0 Å². The highest BCUT2D eigenvalue weighted by molar-refractivity contribution is 5.75. The van der Waals surface area contributed by atoms with Crippen molar-refractivity contribution in [3.63, 3.8) is 0 Å².